The largest absolute Gasteiger partial charge is 0.432 e. The lowest BCUT2D eigenvalue weighted by Gasteiger charge is -2.34. The van der Waals surface area contributed by atoms with Crippen LogP contribution < -0.4 is 4.74 Å². The average Bonchev–Trinajstić information content (AvgIpc) is 2.93. The number of hydrogen-bond donors (Lipinski definition) is 0. The number of benzene rings is 3. The van der Waals surface area contributed by atoms with Crippen LogP contribution in [0.25, 0.3) is 11.1 Å². The number of ether oxygens (including phenoxy) is 3. The molecule has 41 heavy (non-hydrogen) atoms. The molecule has 0 atom stereocenters. The predicted octanol–water partition coefficient (Wildman–Crippen LogP) is 9.01. The van der Waals surface area contributed by atoms with Crippen LogP contribution in [0.3, 0.4) is 0 Å². The zero-order valence-corrected chi connectivity index (χ0v) is 22.2. The lowest BCUT2D eigenvalue weighted by atomic mass is 9.78. The van der Waals surface area contributed by atoms with E-state index in [1.807, 2.05) is 6.92 Å². The highest BCUT2D eigenvalue weighted by molar-refractivity contribution is 5.65. The topological polar surface area (TPSA) is 27.7 Å². The van der Waals surface area contributed by atoms with E-state index in [4.69, 9.17) is 14.2 Å². The number of rotatable bonds is 7. The van der Waals surface area contributed by atoms with Gasteiger partial charge in [0.15, 0.2) is 6.29 Å². The molecule has 3 aromatic rings. The monoisotopic (exact) mass is 582 g/mol. The molecule has 0 amide bonds. The van der Waals surface area contributed by atoms with Crippen LogP contribution in [0.15, 0.2) is 48.5 Å². The minimum atomic E-state index is -3.63. The molecule has 0 radical (unpaired) electrons. The van der Waals surface area contributed by atoms with E-state index >= 15 is 8.78 Å². The van der Waals surface area contributed by atoms with Gasteiger partial charge < -0.3 is 14.2 Å². The molecular formula is C31H29F7O3. The summed E-state index contributed by atoms with van der Waals surface area (Å²) in [5.74, 6) is -5.44. The van der Waals surface area contributed by atoms with Crippen molar-refractivity contribution in [3.8, 4) is 16.9 Å². The first kappa shape index (κ1) is 29.4. The van der Waals surface area contributed by atoms with Crippen molar-refractivity contribution in [1.82, 2.24) is 0 Å². The summed E-state index contributed by atoms with van der Waals surface area (Å²) in [6.45, 7) is 1.65. The molecule has 3 nitrogen and oxygen atoms in total. The van der Waals surface area contributed by atoms with Crippen LogP contribution in [-0.2, 0) is 16.1 Å². The smallest absolute Gasteiger partial charge is 0.400 e. The number of halogens is 7. The fraction of sp³-hybridized carbons (Fsp3) is 0.419. The van der Waals surface area contributed by atoms with Crippen molar-refractivity contribution >= 4 is 0 Å². The van der Waals surface area contributed by atoms with Crippen molar-refractivity contribution in [2.24, 2.45) is 11.8 Å². The van der Waals surface area contributed by atoms with E-state index in [1.54, 1.807) is 12.1 Å². The van der Waals surface area contributed by atoms with Crippen LogP contribution in [0.4, 0.5) is 30.7 Å². The molecule has 2 fully saturated rings. The highest BCUT2D eigenvalue weighted by atomic mass is 19.3. The third-order valence-corrected chi connectivity index (χ3v) is 7.78. The molecule has 220 valence electrons. The SMILES string of the molecule is CC1COC(c2ccc(C3CCC(C(F)(F)Oc4ccc(-c5cc(F)c(CF)c(F)c5)c(F)c4)CC3)c(F)c2)OC1. The van der Waals surface area contributed by atoms with E-state index in [-0.39, 0.29) is 35.8 Å². The zero-order chi connectivity index (χ0) is 29.3. The van der Waals surface area contributed by atoms with Crippen LogP contribution in [0, 0.1) is 35.1 Å². The Bertz CT molecular complexity index is 1360. The van der Waals surface area contributed by atoms with Gasteiger partial charge >= 0.3 is 6.11 Å². The lowest BCUT2D eigenvalue weighted by molar-refractivity contribution is -0.222. The normalized spacial score (nSPS) is 23.4. The summed E-state index contributed by atoms with van der Waals surface area (Å²) in [6.07, 6.45) is -3.52. The Balaban J connectivity index is 1.21. The molecule has 10 heteroatoms. The van der Waals surface area contributed by atoms with Gasteiger partial charge in [0.2, 0.25) is 0 Å². The Hall–Kier alpha value is -3.11. The molecule has 0 bridgehead atoms. The van der Waals surface area contributed by atoms with Crippen molar-refractivity contribution in [2.45, 2.75) is 57.6 Å². The molecule has 1 aliphatic heterocycles. The highest BCUT2D eigenvalue weighted by Gasteiger charge is 2.44. The van der Waals surface area contributed by atoms with Gasteiger partial charge in [0.05, 0.1) is 24.7 Å². The van der Waals surface area contributed by atoms with Crippen LogP contribution in [0.5, 0.6) is 5.75 Å². The molecule has 1 saturated carbocycles. The zero-order valence-electron chi connectivity index (χ0n) is 22.2. The van der Waals surface area contributed by atoms with Gasteiger partial charge in [0.1, 0.15) is 35.7 Å². The molecule has 1 heterocycles. The van der Waals surface area contributed by atoms with Crippen molar-refractivity contribution in [1.29, 1.82) is 0 Å². The van der Waals surface area contributed by atoms with Gasteiger partial charge in [0.25, 0.3) is 0 Å². The highest BCUT2D eigenvalue weighted by Crippen LogP contribution is 2.44. The summed E-state index contributed by atoms with van der Waals surface area (Å²) >= 11 is 0. The van der Waals surface area contributed by atoms with Gasteiger partial charge in [-0.15, -0.1) is 0 Å². The first-order chi connectivity index (χ1) is 19.6. The first-order valence-electron chi connectivity index (χ1n) is 13.5. The molecular weight excluding hydrogens is 553 g/mol. The summed E-state index contributed by atoms with van der Waals surface area (Å²) in [4.78, 5) is 0. The molecule has 2 aliphatic rings. The van der Waals surface area contributed by atoms with Gasteiger partial charge in [-0.3, -0.25) is 0 Å². The second kappa shape index (κ2) is 12.0. The minimum Gasteiger partial charge on any atom is -0.432 e. The van der Waals surface area contributed by atoms with Crippen LogP contribution in [0.2, 0.25) is 0 Å². The van der Waals surface area contributed by atoms with E-state index < -0.39 is 59.6 Å². The van der Waals surface area contributed by atoms with Gasteiger partial charge in [0, 0.05) is 23.1 Å². The second-order valence-corrected chi connectivity index (χ2v) is 10.8. The molecule has 0 aromatic heterocycles. The Morgan fingerprint density at radius 3 is 2.05 bits per heavy atom. The Morgan fingerprint density at radius 1 is 0.805 bits per heavy atom. The molecule has 1 saturated heterocycles. The summed E-state index contributed by atoms with van der Waals surface area (Å²) < 4.78 is 117. The summed E-state index contributed by atoms with van der Waals surface area (Å²) in [5.41, 5.74) is -0.224. The fourth-order valence-electron chi connectivity index (χ4n) is 5.47. The Labute approximate surface area is 233 Å². The third-order valence-electron chi connectivity index (χ3n) is 7.78. The molecule has 3 aromatic carbocycles. The van der Waals surface area contributed by atoms with E-state index in [2.05, 4.69) is 0 Å². The van der Waals surface area contributed by atoms with Crippen molar-refractivity contribution in [2.75, 3.05) is 13.2 Å². The second-order valence-electron chi connectivity index (χ2n) is 10.8. The number of alkyl halides is 3. The van der Waals surface area contributed by atoms with E-state index in [9.17, 15) is 22.0 Å². The molecule has 0 spiro atoms. The molecule has 5 rings (SSSR count). The molecule has 0 unspecified atom stereocenters. The summed E-state index contributed by atoms with van der Waals surface area (Å²) in [6, 6.07) is 9.17. The predicted molar refractivity (Wildman–Crippen MR) is 137 cm³/mol. The van der Waals surface area contributed by atoms with Gasteiger partial charge in [-0.1, -0.05) is 19.1 Å². The van der Waals surface area contributed by atoms with Gasteiger partial charge in [-0.25, -0.2) is 22.0 Å². The third kappa shape index (κ3) is 6.38. The Kier molecular flexibility index (Phi) is 8.61. The van der Waals surface area contributed by atoms with Gasteiger partial charge in [-0.05, 0) is 73.1 Å². The van der Waals surface area contributed by atoms with E-state index in [1.165, 1.54) is 6.07 Å². The maximum Gasteiger partial charge on any atom is 0.400 e. The summed E-state index contributed by atoms with van der Waals surface area (Å²) in [7, 11) is 0. The van der Waals surface area contributed by atoms with E-state index in [0.29, 0.717) is 43.2 Å². The molecule has 1 aliphatic carbocycles. The van der Waals surface area contributed by atoms with Crippen LogP contribution in [-0.4, -0.2) is 19.3 Å². The van der Waals surface area contributed by atoms with Crippen LogP contribution in [0.1, 0.15) is 61.5 Å². The van der Waals surface area contributed by atoms with E-state index in [0.717, 1.165) is 24.3 Å². The minimum absolute atomic E-state index is 0.0611. The van der Waals surface area contributed by atoms with Crippen molar-refractivity contribution in [3.63, 3.8) is 0 Å². The lowest BCUT2D eigenvalue weighted by Crippen LogP contribution is -2.37. The first-order valence-corrected chi connectivity index (χ1v) is 13.5. The maximum absolute atomic E-state index is 15.1. The average molecular weight is 583 g/mol. The van der Waals surface area contributed by atoms with Crippen LogP contribution >= 0.6 is 0 Å². The van der Waals surface area contributed by atoms with Crippen molar-refractivity contribution in [3.05, 3.63) is 88.5 Å². The summed E-state index contributed by atoms with van der Waals surface area (Å²) in [5, 5.41) is 0. The standard InChI is InChI=1S/C31H29F7O3/c1-17-15-39-30(40-16-17)19-4-8-23(26(33)10-19)18-2-5-21(6-3-18)31(37,38)41-22-7-9-24(29(36)13-22)20-11-27(34)25(14-32)28(35)12-20/h4,7-13,17-18,21,30H,2-3,5-6,14-16H2,1H3. The maximum atomic E-state index is 15.1. The Morgan fingerprint density at radius 2 is 1.46 bits per heavy atom. The molecule has 0 N–H and O–H groups in total. The van der Waals surface area contributed by atoms with Crippen molar-refractivity contribution < 1.29 is 44.9 Å². The van der Waals surface area contributed by atoms with Gasteiger partial charge in [-0.2, -0.15) is 8.78 Å². The quantitative estimate of drug-likeness (QED) is 0.260. The fourth-order valence-corrected chi connectivity index (χ4v) is 5.47. The number of hydrogen-bond acceptors (Lipinski definition) is 3.